The standard InChI is InChI=1S/C18H15ClF2N4/c1-3-11-13(6-22-7-14(11)20)12-5-10-4-9(2)18-24-23-8-25(18)17(10)15(19)16(12)21/h5-9H,3-4H2,1-2H3. The highest BCUT2D eigenvalue weighted by molar-refractivity contribution is 6.33. The third kappa shape index (κ3) is 2.35. The van der Waals surface area contributed by atoms with Gasteiger partial charge in [0.2, 0.25) is 0 Å². The molecule has 0 saturated heterocycles. The molecule has 1 atom stereocenters. The topological polar surface area (TPSA) is 43.6 Å². The third-order valence-electron chi connectivity index (χ3n) is 4.69. The van der Waals surface area contributed by atoms with Crippen LogP contribution in [0.4, 0.5) is 8.78 Å². The molecule has 1 aromatic carbocycles. The summed E-state index contributed by atoms with van der Waals surface area (Å²) in [4.78, 5) is 3.88. The molecule has 25 heavy (non-hydrogen) atoms. The van der Waals surface area contributed by atoms with Gasteiger partial charge in [0.15, 0.2) is 5.82 Å². The molecule has 4 rings (SSSR count). The Balaban J connectivity index is 1.99. The van der Waals surface area contributed by atoms with Crippen LogP contribution in [0, 0.1) is 11.6 Å². The monoisotopic (exact) mass is 360 g/mol. The van der Waals surface area contributed by atoms with Gasteiger partial charge >= 0.3 is 0 Å². The molecule has 0 amide bonds. The minimum absolute atomic E-state index is 0.00763. The fraction of sp³-hybridized carbons (Fsp3) is 0.278. The first kappa shape index (κ1) is 16.1. The second kappa shape index (κ2) is 5.88. The van der Waals surface area contributed by atoms with E-state index in [1.165, 1.54) is 12.5 Å². The maximum absolute atomic E-state index is 15.1. The van der Waals surface area contributed by atoms with E-state index in [1.807, 2.05) is 13.8 Å². The van der Waals surface area contributed by atoms with Gasteiger partial charge in [0.1, 0.15) is 23.0 Å². The van der Waals surface area contributed by atoms with E-state index in [1.54, 1.807) is 10.6 Å². The first-order valence-corrected chi connectivity index (χ1v) is 8.44. The van der Waals surface area contributed by atoms with Crippen LogP contribution in [0.1, 0.15) is 36.7 Å². The summed E-state index contributed by atoms with van der Waals surface area (Å²) in [6, 6.07) is 1.74. The van der Waals surface area contributed by atoms with E-state index >= 15 is 4.39 Å². The van der Waals surface area contributed by atoms with Crippen molar-refractivity contribution in [1.82, 2.24) is 19.7 Å². The van der Waals surface area contributed by atoms with Gasteiger partial charge in [-0.05, 0) is 30.0 Å². The molecule has 128 valence electrons. The van der Waals surface area contributed by atoms with Gasteiger partial charge < -0.3 is 0 Å². The molecule has 2 aromatic heterocycles. The van der Waals surface area contributed by atoms with Crippen molar-refractivity contribution >= 4 is 11.6 Å². The van der Waals surface area contributed by atoms with Gasteiger partial charge in [-0.1, -0.05) is 25.4 Å². The maximum Gasteiger partial charge on any atom is 0.151 e. The Hall–Kier alpha value is -2.34. The summed E-state index contributed by atoms with van der Waals surface area (Å²) < 4.78 is 30.9. The molecule has 0 bridgehead atoms. The third-order valence-corrected chi connectivity index (χ3v) is 5.04. The lowest BCUT2D eigenvalue weighted by molar-refractivity contribution is 0.603. The van der Waals surface area contributed by atoms with E-state index < -0.39 is 11.6 Å². The number of hydrogen-bond acceptors (Lipinski definition) is 3. The fourth-order valence-corrected chi connectivity index (χ4v) is 3.82. The Bertz CT molecular complexity index is 983. The predicted molar refractivity (Wildman–Crippen MR) is 91.0 cm³/mol. The van der Waals surface area contributed by atoms with Crippen LogP contribution in [-0.4, -0.2) is 19.7 Å². The van der Waals surface area contributed by atoms with Gasteiger partial charge in [0.05, 0.1) is 11.9 Å². The Morgan fingerprint density at radius 1 is 1.28 bits per heavy atom. The molecule has 0 fully saturated rings. The molecule has 0 N–H and O–H groups in total. The zero-order valence-corrected chi connectivity index (χ0v) is 14.5. The highest BCUT2D eigenvalue weighted by Gasteiger charge is 2.29. The van der Waals surface area contributed by atoms with Crippen LogP contribution < -0.4 is 0 Å². The molecule has 0 radical (unpaired) electrons. The van der Waals surface area contributed by atoms with Crippen molar-refractivity contribution in [2.24, 2.45) is 0 Å². The molecule has 1 aliphatic rings. The Labute approximate surface area is 148 Å². The van der Waals surface area contributed by atoms with Crippen molar-refractivity contribution in [3.8, 4) is 16.8 Å². The van der Waals surface area contributed by atoms with Crippen LogP contribution >= 0.6 is 11.6 Å². The van der Waals surface area contributed by atoms with Crippen LogP contribution in [-0.2, 0) is 12.8 Å². The quantitative estimate of drug-likeness (QED) is 0.676. The Kier molecular flexibility index (Phi) is 3.80. The number of rotatable bonds is 2. The second-order valence-electron chi connectivity index (χ2n) is 6.23. The summed E-state index contributed by atoms with van der Waals surface area (Å²) in [6.07, 6.45) is 5.26. The van der Waals surface area contributed by atoms with E-state index in [0.29, 0.717) is 29.7 Å². The van der Waals surface area contributed by atoms with Crippen LogP contribution in [0.5, 0.6) is 0 Å². The van der Waals surface area contributed by atoms with Gasteiger partial charge in [0, 0.05) is 23.2 Å². The lowest BCUT2D eigenvalue weighted by atomic mass is 9.90. The highest BCUT2D eigenvalue weighted by Crippen LogP contribution is 2.41. The molecular formula is C18H15ClF2N4. The number of hydrogen-bond donors (Lipinski definition) is 0. The summed E-state index contributed by atoms with van der Waals surface area (Å²) in [5.74, 6) is -0.150. The van der Waals surface area contributed by atoms with Gasteiger partial charge in [0.25, 0.3) is 0 Å². The van der Waals surface area contributed by atoms with Crippen molar-refractivity contribution in [2.75, 3.05) is 0 Å². The number of pyridine rings is 1. The Morgan fingerprint density at radius 2 is 2.08 bits per heavy atom. The second-order valence-corrected chi connectivity index (χ2v) is 6.60. The van der Waals surface area contributed by atoms with Crippen molar-refractivity contribution < 1.29 is 8.78 Å². The van der Waals surface area contributed by atoms with Crippen LogP contribution in [0.2, 0.25) is 5.02 Å². The van der Waals surface area contributed by atoms with E-state index in [2.05, 4.69) is 15.2 Å². The average molecular weight is 361 g/mol. The smallest absolute Gasteiger partial charge is 0.151 e. The number of fused-ring (bicyclic) bond motifs is 3. The largest absolute Gasteiger partial charge is 0.283 e. The molecule has 0 saturated carbocycles. The lowest BCUT2D eigenvalue weighted by Crippen LogP contribution is -2.17. The van der Waals surface area contributed by atoms with E-state index in [-0.39, 0.29) is 16.5 Å². The summed E-state index contributed by atoms with van der Waals surface area (Å²) in [5.41, 5.74) is 2.58. The number of aromatic nitrogens is 4. The predicted octanol–water partition coefficient (Wildman–Crippen LogP) is 4.48. The zero-order chi connectivity index (χ0) is 17.7. The summed E-state index contributed by atoms with van der Waals surface area (Å²) in [7, 11) is 0. The molecule has 1 unspecified atom stereocenters. The minimum Gasteiger partial charge on any atom is -0.283 e. The van der Waals surface area contributed by atoms with E-state index in [4.69, 9.17) is 11.6 Å². The molecule has 4 nitrogen and oxygen atoms in total. The summed E-state index contributed by atoms with van der Waals surface area (Å²) in [5, 5.41) is 8.01. The van der Waals surface area contributed by atoms with Crippen LogP contribution in [0.3, 0.4) is 0 Å². The van der Waals surface area contributed by atoms with Gasteiger partial charge in [-0.15, -0.1) is 10.2 Å². The molecule has 3 aromatic rings. The molecule has 1 aliphatic heterocycles. The molecule has 0 spiro atoms. The first-order valence-electron chi connectivity index (χ1n) is 8.06. The van der Waals surface area contributed by atoms with Gasteiger partial charge in [-0.3, -0.25) is 9.55 Å². The lowest BCUT2D eigenvalue weighted by Gasteiger charge is -2.25. The zero-order valence-electron chi connectivity index (χ0n) is 13.7. The van der Waals surface area contributed by atoms with Crippen molar-refractivity contribution in [3.05, 3.63) is 58.4 Å². The highest BCUT2D eigenvalue weighted by atomic mass is 35.5. The fourth-order valence-electron chi connectivity index (χ4n) is 3.51. The molecule has 7 heteroatoms. The molecule has 0 aliphatic carbocycles. The number of halogens is 3. The van der Waals surface area contributed by atoms with Crippen molar-refractivity contribution in [1.29, 1.82) is 0 Å². The minimum atomic E-state index is -0.586. The normalized spacial score (nSPS) is 15.8. The first-order chi connectivity index (χ1) is 12.0. The van der Waals surface area contributed by atoms with Crippen molar-refractivity contribution in [2.45, 2.75) is 32.6 Å². The van der Waals surface area contributed by atoms with E-state index in [9.17, 15) is 4.39 Å². The maximum atomic E-state index is 15.1. The van der Waals surface area contributed by atoms with Gasteiger partial charge in [-0.2, -0.15) is 0 Å². The van der Waals surface area contributed by atoms with E-state index in [0.717, 1.165) is 17.6 Å². The Morgan fingerprint density at radius 3 is 2.84 bits per heavy atom. The molecular weight excluding hydrogens is 346 g/mol. The SMILES string of the molecule is CCc1c(F)cncc1-c1cc2c(c(Cl)c1F)-n1cnnc1C(C)C2. The average Bonchev–Trinajstić information content (AvgIpc) is 3.08. The van der Waals surface area contributed by atoms with Crippen LogP contribution in [0.25, 0.3) is 16.8 Å². The number of benzene rings is 1. The van der Waals surface area contributed by atoms with Gasteiger partial charge in [-0.25, -0.2) is 8.78 Å². The summed E-state index contributed by atoms with van der Waals surface area (Å²) >= 11 is 6.37. The molecule has 3 heterocycles. The number of nitrogens with zero attached hydrogens (tertiary/aromatic N) is 4. The summed E-state index contributed by atoms with van der Waals surface area (Å²) in [6.45, 7) is 3.85. The van der Waals surface area contributed by atoms with Crippen LogP contribution in [0.15, 0.2) is 24.8 Å². The van der Waals surface area contributed by atoms with Crippen molar-refractivity contribution in [3.63, 3.8) is 0 Å².